The minimum atomic E-state index is -0.685. The molecule has 0 aromatic carbocycles. The number of aliphatic hydroxyl groups excluding tert-OH is 1. The summed E-state index contributed by atoms with van der Waals surface area (Å²) >= 11 is 0. The van der Waals surface area contributed by atoms with Gasteiger partial charge in [-0.05, 0) is 38.5 Å². The predicted molar refractivity (Wildman–Crippen MR) is 105 cm³/mol. The summed E-state index contributed by atoms with van der Waals surface area (Å²) < 4.78 is 4.61. The summed E-state index contributed by atoms with van der Waals surface area (Å²) in [5.41, 5.74) is -0.144. The number of carbonyl (C=O) groups excluding carboxylic acids is 2. The Balaban J connectivity index is 1.96. The van der Waals surface area contributed by atoms with E-state index in [0.29, 0.717) is 6.42 Å². The van der Waals surface area contributed by atoms with E-state index in [1.165, 1.54) is 32.1 Å². The number of Topliss-reactive ketones (excluding diaryl/α,β-unsaturated/α-hetero) is 1. The molecule has 26 heavy (non-hydrogen) atoms. The van der Waals surface area contributed by atoms with Crippen molar-refractivity contribution >= 4 is 11.8 Å². The van der Waals surface area contributed by atoms with E-state index in [2.05, 4.69) is 36.0 Å². The van der Waals surface area contributed by atoms with Gasteiger partial charge in [0.2, 0.25) is 5.78 Å². The minimum Gasteiger partial charge on any atom is -0.511 e. The van der Waals surface area contributed by atoms with Crippen LogP contribution in [0, 0.1) is 0 Å². The van der Waals surface area contributed by atoms with Crippen LogP contribution in [0.1, 0.15) is 84.0 Å². The van der Waals surface area contributed by atoms with E-state index in [1.807, 2.05) is 0 Å². The Morgan fingerprint density at radius 1 is 0.923 bits per heavy atom. The van der Waals surface area contributed by atoms with E-state index in [4.69, 9.17) is 0 Å². The van der Waals surface area contributed by atoms with Crippen LogP contribution in [-0.2, 0) is 14.3 Å². The Bertz CT molecular complexity index is 496. The van der Waals surface area contributed by atoms with Crippen molar-refractivity contribution in [1.29, 1.82) is 0 Å². The average Bonchev–Trinajstić information content (AvgIpc) is 2.96. The van der Waals surface area contributed by atoms with Crippen molar-refractivity contribution in [2.45, 2.75) is 84.0 Å². The zero-order chi connectivity index (χ0) is 19.0. The normalized spacial score (nSPS) is 16.8. The van der Waals surface area contributed by atoms with Crippen LogP contribution in [0.25, 0.3) is 0 Å². The van der Waals surface area contributed by atoms with E-state index in [-0.39, 0.29) is 17.9 Å². The summed E-state index contributed by atoms with van der Waals surface area (Å²) in [6, 6.07) is 0. The van der Waals surface area contributed by atoms with Gasteiger partial charge in [0, 0.05) is 6.42 Å². The fraction of sp³-hybridized carbons (Fsp3) is 0.636. The monoisotopic (exact) mass is 362 g/mol. The van der Waals surface area contributed by atoms with Crippen LogP contribution in [0.3, 0.4) is 0 Å². The molecule has 1 fully saturated rings. The summed E-state index contributed by atoms with van der Waals surface area (Å²) in [6.07, 6.45) is 21.8. The van der Waals surface area contributed by atoms with Crippen molar-refractivity contribution in [2.75, 3.05) is 6.61 Å². The number of aliphatic hydroxyl groups is 1. The van der Waals surface area contributed by atoms with Gasteiger partial charge in [-0.3, -0.25) is 4.79 Å². The number of rotatable bonds is 14. The molecule has 1 N–H and O–H groups in total. The topological polar surface area (TPSA) is 63.6 Å². The molecule has 0 aromatic rings. The fourth-order valence-corrected chi connectivity index (χ4v) is 2.90. The number of cyclic esters (lactones) is 1. The van der Waals surface area contributed by atoms with Gasteiger partial charge in [-0.25, -0.2) is 4.79 Å². The molecule has 1 aliphatic heterocycles. The molecule has 0 amide bonds. The highest BCUT2D eigenvalue weighted by molar-refractivity contribution is 6.22. The molecule has 1 saturated heterocycles. The molecule has 0 bridgehead atoms. The maximum absolute atomic E-state index is 11.4. The molecule has 0 saturated carbocycles. The van der Waals surface area contributed by atoms with Gasteiger partial charge in [-0.2, -0.15) is 0 Å². The first-order valence-corrected chi connectivity index (χ1v) is 10.1. The fourth-order valence-electron chi connectivity index (χ4n) is 2.90. The van der Waals surface area contributed by atoms with Crippen molar-refractivity contribution in [1.82, 2.24) is 0 Å². The second-order valence-electron chi connectivity index (χ2n) is 6.80. The highest BCUT2D eigenvalue weighted by atomic mass is 16.5. The van der Waals surface area contributed by atoms with E-state index in [9.17, 15) is 14.7 Å². The van der Waals surface area contributed by atoms with Crippen molar-refractivity contribution < 1.29 is 19.4 Å². The third kappa shape index (κ3) is 9.59. The molecule has 0 aliphatic carbocycles. The number of hydrogen-bond acceptors (Lipinski definition) is 4. The Kier molecular flexibility index (Phi) is 12.2. The summed E-state index contributed by atoms with van der Waals surface area (Å²) in [6.45, 7) is 1.99. The minimum absolute atomic E-state index is 0.108. The van der Waals surface area contributed by atoms with E-state index >= 15 is 0 Å². The van der Waals surface area contributed by atoms with E-state index < -0.39 is 11.8 Å². The lowest BCUT2D eigenvalue weighted by molar-refractivity contribution is -0.135. The Labute approximate surface area is 158 Å². The number of hydrogen-bond donors (Lipinski definition) is 1. The molecule has 4 nitrogen and oxygen atoms in total. The van der Waals surface area contributed by atoms with Gasteiger partial charge >= 0.3 is 5.97 Å². The zero-order valence-corrected chi connectivity index (χ0v) is 16.2. The first-order chi connectivity index (χ1) is 12.7. The maximum atomic E-state index is 11.4. The number of unbranched alkanes of at least 4 members (excludes halogenated alkanes) is 8. The highest BCUT2D eigenvalue weighted by Gasteiger charge is 2.31. The third-order valence-electron chi connectivity index (χ3n) is 4.47. The van der Waals surface area contributed by atoms with Gasteiger partial charge < -0.3 is 9.84 Å². The van der Waals surface area contributed by atoms with Gasteiger partial charge in [-0.15, -0.1) is 0 Å². The summed E-state index contributed by atoms with van der Waals surface area (Å²) in [4.78, 5) is 22.7. The molecule has 1 aliphatic rings. The lowest BCUT2D eigenvalue weighted by atomic mass is 10.1. The molecule has 1 rings (SSSR count). The molecule has 0 unspecified atom stereocenters. The van der Waals surface area contributed by atoms with Crippen LogP contribution in [0.4, 0.5) is 0 Å². The number of carbonyl (C=O) groups is 2. The maximum Gasteiger partial charge on any atom is 0.345 e. The highest BCUT2D eigenvalue weighted by Crippen LogP contribution is 2.18. The van der Waals surface area contributed by atoms with Gasteiger partial charge in [-0.1, -0.05) is 63.3 Å². The van der Waals surface area contributed by atoms with Crippen LogP contribution in [0.2, 0.25) is 0 Å². The van der Waals surface area contributed by atoms with Crippen LogP contribution in [-0.4, -0.2) is 23.5 Å². The first-order valence-electron chi connectivity index (χ1n) is 10.1. The zero-order valence-electron chi connectivity index (χ0n) is 16.2. The van der Waals surface area contributed by atoms with E-state index in [0.717, 1.165) is 38.5 Å². The molecular formula is C22H34O4. The molecule has 0 spiro atoms. The quantitative estimate of drug-likeness (QED) is 0.107. The number of esters is 1. The predicted octanol–water partition coefficient (Wildman–Crippen LogP) is 5.74. The smallest absolute Gasteiger partial charge is 0.345 e. The Hall–Kier alpha value is -1.84. The molecule has 146 valence electrons. The van der Waals surface area contributed by atoms with E-state index in [1.54, 1.807) is 0 Å². The Morgan fingerprint density at radius 2 is 1.54 bits per heavy atom. The molecular weight excluding hydrogens is 328 g/mol. The van der Waals surface area contributed by atoms with Gasteiger partial charge in [0.25, 0.3) is 0 Å². The summed E-state index contributed by atoms with van der Waals surface area (Å²) in [7, 11) is 0. The molecule has 1 heterocycles. The first kappa shape index (κ1) is 22.2. The average molecular weight is 363 g/mol. The molecule has 0 atom stereocenters. The lowest BCUT2D eigenvalue weighted by Crippen LogP contribution is -2.05. The van der Waals surface area contributed by atoms with Crippen molar-refractivity contribution in [3.05, 3.63) is 35.6 Å². The Morgan fingerprint density at radius 3 is 2.15 bits per heavy atom. The number of allylic oxidation sites excluding steroid dienone is 5. The van der Waals surface area contributed by atoms with Gasteiger partial charge in [0.15, 0.2) is 6.61 Å². The van der Waals surface area contributed by atoms with Crippen LogP contribution >= 0.6 is 0 Å². The molecule has 4 heteroatoms. The lowest BCUT2D eigenvalue weighted by Gasteiger charge is -2.02. The second kappa shape index (κ2) is 14.3. The number of ketones is 1. The molecule has 0 radical (unpaired) electrons. The van der Waals surface area contributed by atoms with Crippen LogP contribution in [0.5, 0.6) is 0 Å². The van der Waals surface area contributed by atoms with Crippen molar-refractivity contribution in [3.63, 3.8) is 0 Å². The van der Waals surface area contributed by atoms with Crippen LogP contribution in [0.15, 0.2) is 35.6 Å². The summed E-state index contributed by atoms with van der Waals surface area (Å²) in [5.74, 6) is -1.20. The summed E-state index contributed by atoms with van der Waals surface area (Å²) in [5, 5.41) is 9.84. The largest absolute Gasteiger partial charge is 0.511 e. The second-order valence-corrected chi connectivity index (χ2v) is 6.80. The standard InChI is InChI=1S/C22H34O4/c1-2-3-4-5-6-7-8-9-10-11-12-13-14-15-16-17-19(23)21-20(24)18-26-22(21)25/h6-7,9-10,23H,2-5,8,11-18H2,1H3/b7-6-,10-9-,21-19?. The SMILES string of the molecule is CCCCC/C=C\C/C=C\CCCCCCCC(O)=C1C(=O)COC1=O. The van der Waals surface area contributed by atoms with Crippen molar-refractivity contribution in [3.8, 4) is 0 Å². The van der Waals surface area contributed by atoms with Gasteiger partial charge in [0.1, 0.15) is 11.3 Å². The number of ether oxygens (including phenoxy) is 1. The molecule has 0 aromatic heterocycles. The van der Waals surface area contributed by atoms with Crippen molar-refractivity contribution in [2.24, 2.45) is 0 Å². The van der Waals surface area contributed by atoms with Gasteiger partial charge in [0.05, 0.1) is 0 Å². The van der Waals surface area contributed by atoms with Crippen LogP contribution < -0.4 is 0 Å². The third-order valence-corrected chi connectivity index (χ3v) is 4.47.